The number of carboxylic acids is 2. The minimum atomic E-state index is -1.58. The summed E-state index contributed by atoms with van der Waals surface area (Å²) < 4.78 is 0. The van der Waals surface area contributed by atoms with Gasteiger partial charge in [0.25, 0.3) is 0 Å². The van der Waals surface area contributed by atoms with Gasteiger partial charge in [-0.15, -0.1) is 0 Å². The second kappa shape index (κ2) is 13.3. The molecule has 0 bridgehead atoms. The highest BCUT2D eigenvalue weighted by atomic mass is 16.4. The molecule has 4 amide bonds. The van der Waals surface area contributed by atoms with Crippen LogP contribution in [0.4, 0.5) is 0 Å². The Balaban J connectivity index is 2.91. The molecule has 1 aliphatic rings. The molecule has 0 saturated carbocycles. The first kappa shape index (κ1) is 27.8. The molecule has 14 heteroatoms. The predicted molar refractivity (Wildman–Crippen MR) is 113 cm³/mol. The quantitative estimate of drug-likeness (QED) is 0.125. The van der Waals surface area contributed by atoms with Crippen LogP contribution >= 0.6 is 0 Å². The molecule has 1 fully saturated rings. The molecule has 1 saturated heterocycles. The number of hydrogen-bond donors (Lipinski definition) is 7. The molecule has 0 aromatic heterocycles. The Bertz CT molecular complexity index is 761. The van der Waals surface area contributed by atoms with Crippen LogP contribution < -0.4 is 27.8 Å². The first-order valence-corrected chi connectivity index (χ1v) is 10.6. The molecular weight excluding hydrogens is 440 g/mol. The van der Waals surface area contributed by atoms with Gasteiger partial charge in [0.2, 0.25) is 23.6 Å². The molecule has 0 aliphatic carbocycles. The number of aliphatic carboxylic acids is 2. The van der Waals surface area contributed by atoms with Gasteiger partial charge >= 0.3 is 11.9 Å². The van der Waals surface area contributed by atoms with Crippen LogP contribution in [0, 0.1) is 0 Å². The molecule has 0 spiro atoms. The zero-order chi connectivity index (χ0) is 25.1. The van der Waals surface area contributed by atoms with Gasteiger partial charge in [-0.2, -0.15) is 0 Å². The SMILES string of the molecule is NCCCCC(N)C(=O)NC(CC(=O)O)C(=O)N1CCCC1C(=O)NC(CC(N)=O)C(=O)O. The molecule has 4 unspecified atom stereocenters. The number of nitrogens with zero attached hydrogens (tertiary/aromatic N) is 1. The van der Waals surface area contributed by atoms with Gasteiger partial charge in [0.05, 0.1) is 18.9 Å². The Morgan fingerprint density at radius 3 is 2.21 bits per heavy atom. The number of carbonyl (C=O) groups is 6. The fraction of sp³-hybridized carbons (Fsp3) is 0.684. The van der Waals surface area contributed by atoms with E-state index in [1.807, 2.05) is 0 Å². The van der Waals surface area contributed by atoms with Crippen LogP contribution in [0.15, 0.2) is 0 Å². The van der Waals surface area contributed by atoms with Crippen molar-refractivity contribution in [3.8, 4) is 0 Å². The fourth-order valence-corrected chi connectivity index (χ4v) is 3.47. The molecule has 14 nitrogen and oxygen atoms in total. The minimum absolute atomic E-state index is 0.0963. The number of rotatable bonds is 14. The second-order valence-corrected chi connectivity index (χ2v) is 7.81. The molecule has 0 aromatic carbocycles. The third-order valence-electron chi connectivity index (χ3n) is 5.16. The Hall–Kier alpha value is -3.26. The maximum atomic E-state index is 13.0. The second-order valence-electron chi connectivity index (χ2n) is 7.81. The number of carbonyl (C=O) groups excluding carboxylic acids is 4. The smallest absolute Gasteiger partial charge is 0.326 e. The van der Waals surface area contributed by atoms with E-state index in [1.165, 1.54) is 0 Å². The molecule has 10 N–H and O–H groups in total. The van der Waals surface area contributed by atoms with E-state index >= 15 is 0 Å². The van der Waals surface area contributed by atoms with Crippen molar-refractivity contribution in [2.75, 3.05) is 13.1 Å². The number of hydrogen-bond acceptors (Lipinski definition) is 8. The van der Waals surface area contributed by atoms with Crippen molar-refractivity contribution >= 4 is 35.6 Å². The van der Waals surface area contributed by atoms with Gasteiger partial charge in [0, 0.05) is 6.54 Å². The predicted octanol–water partition coefficient (Wildman–Crippen LogP) is -3.16. The molecule has 4 atom stereocenters. The summed E-state index contributed by atoms with van der Waals surface area (Å²) >= 11 is 0. The molecule has 0 aromatic rings. The first-order chi connectivity index (χ1) is 15.5. The summed E-state index contributed by atoms with van der Waals surface area (Å²) in [5, 5.41) is 22.9. The van der Waals surface area contributed by atoms with Crippen LogP contribution in [0.1, 0.15) is 44.9 Å². The molecular formula is C19H32N6O8. The molecule has 0 radical (unpaired) electrons. The van der Waals surface area contributed by atoms with Gasteiger partial charge in [-0.1, -0.05) is 6.42 Å². The van der Waals surface area contributed by atoms with Crippen molar-refractivity contribution in [1.29, 1.82) is 0 Å². The lowest BCUT2D eigenvalue weighted by Gasteiger charge is -2.29. The maximum absolute atomic E-state index is 13.0. The van der Waals surface area contributed by atoms with Crippen LogP contribution in [0.3, 0.4) is 0 Å². The van der Waals surface area contributed by atoms with Crippen LogP contribution in [0.5, 0.6) is 0 Å². The largest absolute Gasteiger partial charge is 0.481 e. The summed E-state index contributed by atoms with van der Waals surface area (Å²) in [6.07, 6.45) is 0.730. The van der Waals surface area contributed by atoms with Crippen molar-refractivity contribution in [2.45, 2.75) is 69.1 Å². The summed E-state index contributed by atoms with van der Waals surface area (Å²) in [6, 6.07) is -5.11. The number of nitrogens with two attached hydrogens (primary N) is 3. The van der Waals surface area contributed by atoms with E-state index < -0.39 is 72.6 Å². The Morgan fingerprint density at radius 2 is 1.67 bits per heavy atom. The highest BCUT2D eigenvalue weighted by Gasteiger charge is 2.39. The lowest BCUT2D eigenvalue weighted by atomic mass is 10.1. The summed E-state index contributed by atoms with van der Waals surface area (Å²) in [5.41, 5.74) is 16.2. The molecule has 186 valence electrons. The van der Waals surface area contributed by atoms with Crippen LogP contribution in [0.2, 0.25) is 0 Å². The van der Waals surface area contributed by atoms with Gasteiger partial charge < -0.3 is 42.9 Å². The number of likely N-dealkylation sites (tertiary alicyclic amines) is 1. The summed E-state index contributed by atoms with van der Waals surface area (Å²) in [6.45, 7) is 0.522. The van der Waals surface area contributed by atoms with Gasteiger partial charge in [-0.25, -0.2) is 4.79 Å². The number of nitrogens with one attached hydrogen (secondary N) is 2. The number of unbranched alkanes of at least 4 members (excludes halogenated alkanes) is 1. The highest BCUT2D eigenvalue weighted by Crippen LogP contribution is 2.20. The lowest BCUT2D eigenvalue weighted by Crippen LogP contribution is -2.57. The average Bonchev–Trinajstić information content (AvgIpc) is 3.21. The Morgan fingerprint density at radius 1 is 1.00 bits per heavy atom. The third-order valence-corrected chi connectivity index (χ3v) is 5.16. The van der Waals surface area contributed by atoms with Crippen molar-refractivity contribution in [2.24, 2.45) is 17.2 Å². The number of carboxylic acid groups (broad SMARTS) is 2. The monoisotopic (exact) mass is 472 g/mol. The van der Waals surface area contributed by atoms with Crippen molar-refractivity contribution < 1.29 is 39.0 Å². The summed E-state index contributed by atoms with van der Waals surface area (Å²) in [5.74, 6) is -6.10. The van der Waals surface area contributed by atoms with Gasteiger partial charge in [-0.3, -0.25) is 24.0 Å². The zero-order valence-electron chi connectivity index (χ0n) is 18.2. The Kier molecular flexibility index (Phi) is 11.2. The van der Waals surface area contributed by atoms with E-state index in [0.29, 0.717) is 32.2 Å². The summed E-state index contributed by atoms with van der Waals surface area (Å²) in [4.78, 5) is 72.7. The molecule has 1 aliphatic heterocycles. The zero-order valence-corrected chi connectivity index (χ0v) is 18.2. The third kappa shape index (κ3) is 9.02. The molecule has 33 heavy (non-hydrogen) atoms. The van der Waals surface area contributed by atoms with Crippen molar-refractivity contribution in [1.82, 2.24) is 15.5 Å². The minimum Gasteiger partial charge on any atom is -0.481 e. The number of primary amides is 1. The Labute approximate surface area is 190 Å². The van der Waals surface area contributed by atoms with E-state index in [1.54, 1.807) is 0 Å². The normalized spacial score (nSPS) is 18.1. The molecule has 1 rings (SSSR count). The lowest BCUT2D eigenvalue weighted by molar-refractivity contribution is -0.147. The van der Waals surface area contributed by atoms with Crippen LogP contribution in [-0.4, -0.2) is 87.9 Å². The summed E-state index contributed by atoms with van der Waals surface area (Å²) in [7, 11) is 0. The van der Waals surface area contributed by atoms with E-state index in [9.17, 15) is 39.0 Å². The van der Waals surface area contributed by atoms with Gasteiger partial charge in [0.1, 0.15) is 18.1 Å². The average molecular weight is 472 g/mol. The van der Waals surface area contributed by atoms with Crippen LogP contribution in [0.25, 0.3) is 0 Å². The highest BCUT2D eigenvalue weighted by molar-refractivity contribution is 5.96. The van der Waals surface area contributed by atoms with Crippen LogP contribution in [-0.2, 0) is 28.8 Å². The first-order valence-electron chi connectivity index (χ1n) is 10.6. The standard InChI is InChI=1S/C19H32N6O8/c20-6-2-1-4-10(21)16(29)23-11(9-15(27)28)18(31)25-7-3-5-13(25)17(30)24-12(19(32)33)8-14(22)26/h10-13H,1-9,20-21H2,(H2,22,26)(H,23,29)(H,24,30)(H,27,28)(H,32,33). The van der Waals surface area contributed by atoms with E-state index in [4.69, 9.17) is 17.2 Å². The topological polar surface area (TPSA) is 248 Å². The van der Waals surface area contributed by atoms with E-state index in [-0.39, 0.29) is 13.0 Å². The van der Waals surface area contributed by atoms with Gasteiger partial charge in [-0.05, 0) is 32.2 Å². The van der Waals surface area contributed by atoms with E-state index in [0.717, 1.165) is 4.90 Å². The van der Waals surface area contributed by atoms with E-state index in [2.05, 4.69) is 10.6 Å². The number of amides is 4. The maximum Gasteiger partial charge on any atom is 0.326 e. The fourth-order valence-electron chi connectivity index (χ4n) is 3.47. The van der Waals surface area contributed by atoms with Crippen molar-refractivity contribution in [3.63, 3.8) is 0 Å². The van der Waals surface area contributed by atoms with Gasteiger partial charge in [0.15, 0.2) is 0 Å². The molecule has 1 heterocycles. The van der Waals surface area contributed by atoms with Crippen molar-refractivity contribution in [3.05, 3.63) is 0 Å².